The monoisotopic (exact) mass is 289 g/mol. The topological polar surface area (TPSA) is 40.5 Å². The number of hydrogen-bond donors (Lipinski definition) is 1. The normalized spacial score (nSPS) is 21.1. The van der Waals surface area contributed by atoms with Crippen LogP contribution in [0.2, 0.25) is 0 Å². The molecule has 3 heteroatoms. The number of piperidine rings is 1. The maximum Gasteiger partial charge on any atom is 0.304 e. The molecule has 0 amide bonds. The van der Waals surface area contributed by atoms with E-state index in [-0.39, 0.29) is 12.5 Å². The van der Waals surface area contributed by atoms with Crippen LogP contribution in [0, 0.1) is 5.92 Å². The zero-order chi connectivity index (χ0) is 15.2. The van der Waals surface area contributed by atoms with Crippen molar-refractivity contribution in [2.45, 2.75) is 52.0 Å². The van der Waals surface area contributed by atoms with Gasteiger partial charge >= 0.3 is 5.97 Å². The SMILES string of the molecule is CCc1ccc(CC(CC(=O)O)N2CCCC(C)C2)cc1. The van der Waals surface area contributed by atoms with E-state index in [0.717, 1.165) is 25.9 Å². The van der Waals surface area contributed by atoms with E-state index >= 15 is 0 Å². The van der Waals surface area contributed by atoms with Gasteiger partial charge in [-0.25, -0.2) is 0 Å². The zero-order valence-corrected chi connectivity index (χ0v) is 13.2. The number of carboxylic acids is 1. The van der Waals surface area contributed by atoms with Crippen molar-refractivity contribution in [2.24, 2.45) is 5.92 Å². The lowest BCUT2D eigenvalue weighted by Gasteiger charge is -2.37. The Balaban J connectivity index is 2.05. The molecule has 1 saturated heterocycles. The number of rotatable bonds is 6. The fourth-order valence-electron chi connectivity index (χ4n) is 3.27. The van der Waals surface area contributed by atoms with E-state index in [0.29, 0.717) is 5.92 Å². The van der Waals surface area contributed by atoms with Crippen LogP contribution in [0.5, 0.6) is 0 Å². The first kappa shape index (κ1) is 16.0. The molecule has 0 saturated carbocycles. The number of carboxylic acid groups (broad SMARTS) is 1. The fraction of sp³-hybridized carbons (Fsp3) is 0.611. The molecular formula is C18H27NO2. The maximum atomic E-state index is 11.2. The average Bonchev–Trinajstić information content (AvgIpc) is 2.47. The highest BCUT2D eigenvalue weighted by molar-refractivity contribution is 5.67. The zero-order valence-electron chi connectivity index (χ0n) is 13.2. The van der Waals surface area contributed by atoms with Crippen LogP contribution in [0.4, 0.5) is 0 Å². The van der Waals surface area contributed by atoms with Crippen molar-refractivity contribution in [1.82, 2.24) is 4.90 Å². The first-order valence-electron chi connectivity index (χ1n) is 8.12. The van der Waals surface area contributed by atoms with Crippen molar-refractivity contribution < 1.29 is 9.90 Å². The molecule has 0 radical (unpaired) electrons. The quantitative estimate of drug-likeness (QED) is 0.873. The lowest BCUT2D eigenvalue weighted by molar-refractivity contribution is -0.138. The molecule has 1 aromatic rings. The third-order valence-electron chi connectivity index (χ3n) is 4.52. The summed E-state index contributed by atoms with van der Waals surface area (Å²) < 4.78 is 0. The second kappa shape index (κ2) is 7.60. The molecule has 2 unspecified atom stereocenters. The number of aliphatic carboxylic acids is 1. The summed E-state index contributed by atoms with van der Waals surface area (Å²) in [6.07, 6.45) is 4.57. The Morgan fingerprint density at radius 1 is 1.33 bits per heavy atom. The van der Waals surface area contributed by atoms with Crippen molar-refractivity contribution in [3.05, 3.63) is 35.4 Å². The number of nitrogens with zero attached hydrogens (tertiary/aromatic N) is 1. The summed E-state index contributed by atoms with van der Waals surface area (Å²) in [4.78, 5) is 13.6. The van der Waals surface area contributed by atoms with Gasteiger partial charge in [0, 0.05) is 12.6 Å². The molecule has 1 aliphatic heterocycles. The van der Waals surface area contributed by atoms with Crippen molar-refractivity contribution in [3.8, 4) is 0 Å². The van der Waals surface area contributed by atoms with Gasteiger partial charge < -0.3 is 5.11 Å². The third-order valence-corrected chi connectivity index (χ3v) is 4.52. The number of carbonyl (C=O) groups is 1. The molecule has 116 valence electrons. The number of likely N-dealkylation sites (tertiary alicyclic amines) is 1. The van der Waals surface area contributed by atoms with Gasteiger partial charge in [0.05, 0.1) is 6.42 Å². The highest BCUT2D eigenvalue weighted by Crippen LogP contribution is 2.21. The lowest BCUT2D eigenvalue weighted by Crippen LogP contribution is -2.44. The van der Waals surface area contributed by atoms with Crippen LogP contribution in [-0.4, -0.2) is 35.1 Å². The first-order valence-corrected chi connectivity index (χ1v) is 8.12. The van der Waals surface area contributed by atoms with E-state index in [4.69, 9.17) is 0 Å². The average molecular weight is 289 g/mol. The van der Waals surface area contributed by atoms with Crippen LogP contribution in [0.15, 0.2) is 24.3 Å². The van der Waals surface area contributed by atoms with Crippen LogP contribution in [0.1, 0.15) is 44.2 Å². The van der Waals surface area contributed by atoms with Crippen molar-refractivity contribution in [1.29, 1.82) is 0 Å². The Morgan fingerprint density at radius 2 is 2.00 bits per heavy atom. The van der Waals surface area contributed by atoms with Gasteiger partial charge in [0.1, 0.15) is 0 Å². The molecule has 1 fully saturated rings. The Morgan fingerprint density at radius 3 is 2.57 bits per heavy atom. The van der Waals surface area contributed by atoms with Gasteiger partial charge in [0.25, 0.3) is 0 Å². The molecule has 1 N–H and O–H groups in total. The van der Waals surface area contributed by atoms with E-state index in [1.165, 1.54) is 24.0 Å². The molecule has 0 aliphatic carbocycles. The van der Waals surface area contributed by atoms with E-state index in [2.05, 4.69) is 43.0 Å². The Labute approximate surface area is 128 Å². The maximum absolute atomic E-state index is 11.2. The molecule has 0 aromatic heterocycles. The molecule has 2 atom stereocenters. The molecule has 21 heavy (non-hydrogen) atoms. The highest BCUT2D eigenvalue weighted by Gasteiger charge is 2.25. The first-order chi connectivity index (χ1) is 10.1. The van der Waals surface area contributed by atoms with Gasteiger partial charge in [-0.1, -0.05) is 38.1 Å². The summed E-state index contributed by atoms with van der Waals surface area (Å²) in [5.74, 6) is -0.0130. The van der Waals surface area contributed by atoms with Gasteiger partial charge in [-0.2, -0.15) is 0 Å². The van der Waals surface area contributed by atoms with Crippen molar-refractivity contribution in [2.75, 3.05) is 13.1 Å². The second-order valence-corrected chi connectivity index (χ2v) is 6.37. The minimum Gasteiger partial charge on any atom is -0.481 e. The minimum absolute atomic E-state index is 0.123. The van der Waals surface area contributed by atoms with Crippen LogP contribution in [0.25, 0.3) is 0 Å². The largest absolute Gasteiger partial charge is 0.481 e. The summed E-state index contributed by atoms with van der Waals surface area (Å²) in [6, 6.07) is 8.75. The summed E-state index contributed by atoms with van der Waals surface area (Å²) in [5, 5.41) is 9.21. The van der Waals surface area contributed by atoms with Gasteiger partial charge in [0.15, 0.2) is 0 Å². The van der Waals surface area contributed by atoms with Crippen molar-refractivity contribution in [3.63, 3.8) is 0 Å². The Hall–Kier alpha value is -1.35. The summed E-state index contributed by atoms with van der Waals surface area (Å²) in [7, 11) is 0. The van der Waals surface area contributed by atoms with Gasteiger partial charge in [0.2, 0.25) is 0 Å². The van der Waals surface area contributed by atoms with E-state index < -0.39 is 5.97 Å². The van der Waals surface area contributed by atoms with Crippen molar-refractivity contribution >= 4 is 5.97 Å². The minimum atomic E-state index is -0.691. The summed E-state index contributed by atoms with van der Waals surface area (Å²) in [5.41, 5.74) is 2.58. The lowest BCUT2D eigenvalue weighted by atomic mass is 9.94. The van der Waals surface area contributed by atoms with Crippen LogP contribution in [0.3, 0.4) is 0 Å². The predicted octanol–water partition coefficient (Wildman–Crippen LogP) is 3.37. The van der Waals surface area contributed by atoms with E-state index in [1.54, 1.807) is 0 Å². The molecule has 2 rings (SSSR count). The smallest absolute Gasteiger partial charge is 0.304 e. The molecule has 0 bridgehead atoms. The molecule has 1 heterocycles. The molecule has 1 aliphatic rings. The molecular weight excluding hydrogens is 262 g/mol. The molecule has 3 nitrogen and oxygen atoms in total. The van der Waals surface area contributed by atoms with E-state index in [9.17, 15) is 9.90 Å². The molecule has 1 aromatic carbocycles. The number of aryl methyl sites for hydroxylation is 1. The molecule has 0 spiro atoms. The van der Waals surface area contributed by atoms with Crippen LogP contribution in [-0.2, 0) is 17.6 Å². The van der Waals surface area contributed by atoms with E-state index in [1.807, 2.05) is 0 Å². The predicted molar refractivity (Wildman–Crippen MR) is 85.5 cm³/mol. The van der Waals surface area contributed by atoms with Gasteiger partial charge in [-0.15, -0.1) is 0 Å². The number of hydrogen-bond acceptors (Lipinski definition) is 2. The number of benzene rings is 1. The standard InChI is InChI=1S/C18H27NO2/c1-3-15-6-8-16(9-7-15)11-17(12-18(20)21)19-10-4-5-14(2)13-19/h6-9,14,17H,3-5,10-13H2,1-2H3,(H,20,21). The second-order valence-electron chi connectivity index (χ2n) is 6.37. The van der Waals surface area contributed by atoms with Gasteiger partial charge in [-0.3, -0.25) is 9.69 Å². The summed E-state index contributed by atoms with van der Waals surface area (Å²) in [6.45, 7) is 6.48. The Bertz CT molecular complexity index is 455. The summed E-state index contributed by atoms with van der Waals surface area (Å²) >= 11 is 0. The Kier molecular flexibility index (Phi) is 5.80. The van der Waals surface area contributed by atoms with Gasteiger partial charge in [-0.05, 0) is 49.3 Å². The van der Waals surface area contributed by atoms with Crippen LogP contribution >= 0.6 is 0 Å². The fourth-order valence-corrected chi connectivity index (χ4v) is 3.27. The van der Waals surface area contributed by atoms with Crippen LogP contribution < -0.4 is 0 Å². The highest BCUT2D eigenvalue weighted by atomic mass is 16.4. The third kappa shape index (κ3) is 4.85.